The number of hydrogen-bond acceptors (Lipinski definition) is 4. The highest BCUT2D eigenvalue weighted by atomic mass is 16.5. The Hall–Kier alpha value is -2.93. The van der Waals surface area contributed by atoms with Crippen LogP contribution in [0, 0.1) is 0 Å². The smallest absolute Gasteiger partial charge is 0.253 e. The summed E-state index contributed by atoms with van der Waals surface area (Å²) in [6.45, 7) is 0.674. The van der Waals surface area contributed by atoms with Gasteiger partial charge in [-0.25, -0.2) is 0 Å². The lowest BCUT2D eigenvalue weighted by atomic mass is 10.1. The van der Waals surface area contributed by atoms with Crippen LogP contribution in [0.5, 0.6) is 0 Å². The molecule has 0 radical (unpaired) electrons. The van der Waals surface area contributed by atoms with Crippen LogP contribution >= 0.6 is 0 Å². The van der Waals surface area contributed by atoms with E-state index in [0.717, 1.165) is 0 Å². The van der Waals surface area contributed by atoms with Gasteiger partial charge in [-0.1, -0.05) is 30.3 Å². The van der Waals surface area contributed by atoms with Crippen LogP contribution < -0.4 is 16.6 Å². The number of carbonyl (C=O) groups is 2. The van der Waals surface area contributed by atoms with Crippen molar-refractivity contribution < 1.29 is 14.3 Å². The Labute approximate surface area is 139 Å². The van der Waals surface area contributed by atoms with Gasteiger partial charge in [0.15, 0.2) is 0 Å². The zero-order valence-electron chi connectivity index (χ0n) is 13.3. The Morgan fingerprint density at radius 1 is 1.21 bits per heavy atom. The first-order chi connectivity index (χ1) is 11.5. The van der Waals surface area contributed by atoms with Gasteiger partial charge in [0, 0.05) is 25.9 Å². The number of primary amides is 1. The molecule has 0 aliphatic heterocycles. The monoisotopic (exact) mass is 329 g/mol. The minimum absolute atomic E-state index is 0.238. The van der Waals surface area contributed by atoms with E-state index < -0.39 is 17.9 Å². The van der Waals surface area contributed by atoms with Gasteiger partial charge in [0.25, 0.3) is 11.5 Å². The Morgan fingerprint density at radius 3 is 2.54 bits per heavy atom. The minimum Gasteiger partial charge on any atom is -0.383 e. The van der Waals surface area contributed by atoms with Crippen LogP contribution in [-0.4, -0.2) is 30.1 Å². The molecule has 0 aliphatic rings. The number of methoxy groups -OCH3 is 1. The molecule has 0 fully saturated rings. The lowest BCUT2D eigenvalue weighted by molar-refractivity contribution is -0.120. The highest BCUT2D eigenvalue weighted by Crippen LogP contribution is 2.12. The lowest BCUT2D eigenvalue weighted by Crippen LogP contribution is -2.38. The van der Waals surface area contributed by atoms with E-state index in [1.165, 1.54) is 30.0 Å². The molecule has 1 aromatic carbocycles. The van der Waals surface area contributed by atoms with Crippen LogP contribution in [-0.2, 0) is 16.1 Å². The summed E-state index contributed by atoms with van der Waals surface area (Å²) >= 11 is 0. The number of carbonyl (C=O) groups excluding carboxylic acids is 2. The van der Waals surface area contributed by atoms with Gasteiger partial charge in [0.1, 0.15) is 6.04 Å². The van der Waals surface area contributed by atoms with Crippen molar-refractivity contribution in [1.82, 2.24) is 9.88 Å². The van der Waals surface area contributed by atoms with Gasteiger partial charge in [-0.05, 0) is 11.6 Å². The Kier molecular flexibility index (Phi) is 5.86. The van der Waals surface area contributed by atoms with Crippen molar-refractivity contribution in [3.05, 3.63) is 70.1 Å². The first-order valence-electron chi connectivity index (χ1n) is 7.37. The molecule has 1 heterocycles. The third-order valence-electron chi connectivity index (χ3n) is 3.47. The van der Waals surface area contributed by atoms with Crippen molar-refractivity contribution >= 4 is 11.8 Å². The molecule has 24 heavy (non-hydrogen) atoms. The molecule has 1 aromatic heterocycles. The molecule has 0 aliphatic carbocycles. The van der Waals surface area contributed by atoms with Crippen LogP contribution in [0.4, 0.5) is 0 Å². The van der Waals surface area contributed by atoms with Crippen LogP contribution in [0.1, 0.15) is 22.0 Å². The highest BCUT2D eigenvalue weighted by molar-refractivity contribution is 5.97. The van der Waals surface area contributed by atoms with E-state index in [1.807, 2.05) is 0 Å². The number of rotatable bonds is 7. The summed E-state index contributed by atoms with van der Waals surface area (Å²) in [5, 5.41) is 2.59. The van der Waals surface area contributed by atoms with Gasteiger partial charge < -0.3 is 20.4 Å². The highest BCUT2D eigenvalue weighted by Gasteiger charge is 2.21. The van der Waals surface area contributed by atoms with E-state index in [0.29, 0.717) is 18.7 Å². The fourth-order valence-electron chi connectivity index (χ4n) is 2.21. The van der Waals surface area contributed by atoms with Crippen LogP contribution in [0.25, 0.3) is 0 Å². The van der Waals surface area contributed by atoms with Crippen molar-refractivity contribution in [1.29, 1.82) is 0 Å². The molecular weight excluding hydrogens is 310 g/mol. The van der Waals surface area contributed by atoms with Crippen molar-refractivity contribution in [2.75, 3.05) is 13.7 Å². The van der Waals surface area contributed by atoms with Crippen molar-refractivity contribution in [3.63, 3.8) is 0 Å². The van der Waals surface area contributed by atoms with Crippen LogP contribution in [0.2, 0.25) is 0 Å². The predicted octanol–water partition coefficient (Wildman–Crippen LogP) is 0.451. The van der Waals surface area contributed by atoms with Crippen molar-refractivity contribution in [2.45, 2.75) is 12.6 Å². The predicted molar refractivity (Wildman–Crippen MR) is 88.4 cm³/mol. The molecule has 0 saturated heterocycles. The van der Waals surface area contributed by atoms with E-state index in [-0.39, 0.29) is 11.1 Å². The molecule has 0 spiro atoms. The molecule has 7 heteroatoms. The summed E-state index contributed by atoms with van der Waals surface area (Å²) in [6, 6.07) is 10.5. The third kappa shape index (κ3) is 4.30. The third-order valence-corrected chi connectivity index (χ3v) is 3.47. The molecule has 7 nitrogen and oxygen atoms in total. The van der Waals surface area contributed by atoms with Crippen molar-refractivity contribution in [2.24, 2.45) is 5.73 Å². The number of ether oxygens (including phenoxy) is 1. The summed E-state index contributed by atoms with van der Waals surface area (Å²) in [5.41, 5.74) is 6.00. The van der Waals surface area contributed by atoms with E-state index >= 15 is 0 Å². The van der Waals surface area contributed by atoms with Gasteiger partial charge in [0.2, 0.25) is 5.91 Å². The van der Waals surface area contributed by atoms with E-state index in [4.69, 9.17) is 10.5 Å². The second-order valence-corrected chi connectivity index (χ2v) is 5.16. The molecule has 0 saturated carbocycles. The normalized spacial score (nSPS) is 11.7. The number of pyridine rings is 1. The molecule has 126 valence electrons. The van der Waals surface area contributed by atoms with E-state index in [2.05, 4.69) is 5.32 Å². The maximum Gasteiger partial charge on any atom is 0.253 e. The molecule has 2 amide bonds. The maximum atomic E-state index is 12.4. The van der Waals surface area contributed by atoms with Crippen LogP contribution in [0.3, 0.4) is 0 Å². The molecular formula is C17H19N3O4. The minimum atomic E-state index is -0.946. The zero-order chi connectivity index (χ0) is 17.5. The van der Waals surface area contributed by atoms with Gasteiger partial charge in [0.05, 0.1) is 12.2 Å². The Balaban J connectivity index is 2.21. The number of benzene rings is 1. The summed E-state index contributed by atoms with van der Waals surface area (Å²) in [6.07, 6.45) is 1.43. The summed E-state index contributed by atoms with van der Waals surface area (Å²) < 4.78 is 6.31. The molecule has 3 N–H and O–H groups in total. The summed E-state index contributed by atoms with van der Waals surface area (Å²) in [7, 11) is 1.53. The summed E-state index contributed by atoms with van der Waals surface area (Å²) in [5.74, 6) is -1.16. The molecule has 0 unspecified atom stereocenters. The average molecular weight is 329 g/mol. The fourth-order valence-corrected chi connectivity index (χ4v) is 2.21. The zero-order valence-corrected chi connectivity index (χ0v) is 13.3. The van der Waals surface area contributed by atoms with E-state index in [1.54, 1.807) is 30.3 Å². The number of aromatic nitrogens is 1. The van der Waals surface area contributed by atoms with E-state index in [9.17, 15) is 14.4 Å². The first-order valence-corrected chi connectivity index (χ1v) is 7.37. The number of hydrogen-bond donors (Lipinski definition) is 2. The first kappa shape index (κ1) is 17.4. The Morgan fingerprint density at radius 2 is 1.92 bits per heavy atom. The van der Waals surface area contributed by atoms with Gasteiger partial charge in [-0.2, -0.15) is 0 Å². The second kappa shape index (κ2) is 8.07. The van der Waals surface area contributed by atoms with Gasteiger partial charge in [-0.3, -0.25) is 14.4 Å². The number of nitrogens with one attached hydrogen (secondary N) is 1. The maximum absolute atomic E-state index is 12.4. The molecule has 2 rings (SSSR count). The average Bonchev–Trinajstić information content (AvgIpc) is 2.59. The standard InChI is InChI=1S/C17H19N3O4/c1-24-10-9-20-11-13(7-8-14(20)21)17(23)19-15(16(18)22)12-5-3-2-4-6-12/h2-8,11,15H,9-10H2,1H3,(H2,18,22)(H,19,23)/t15-/m0/s1. The fraction of sp³-hybridized carbons (Fsp3) is 0.235. The number of amides is 2. The molecule has 0 bridgehead atoms. The second-order valence-electron chi connectivity index (χ2n) is 5.16. The number of nitrogens with two attached hydrogens (primary N) is 1. The topological polar surface area (TPSA) is 103 Å². The lowest BCUT2D eigenvalue weighted by Gasteiger charge is -2.16. The summed E-state index contributed by atoms with van der Waals surface area (Å²) in [4.78, 5) is 35.8. The Bertz CT molecular complexity index is 771. The van der Waals surface area contributed by atoms with Gasteiger partial charge in [-0.15, -0.1) is 0 Å². The van der Waals surface area contributed by atoms with Crippen LogP contribution in [0.15, 0.2) is 53.5 Å². The largest absolute Gasteiger partial charge is 0.383 e. The molecule has 2 aromatic rings. The van der Waals surface area contributed by atoms with Crippen molar-refractivity contribution in [3.8, 4) is 0 Å². The number of nitrogens with zero attached hydrogens (tertiary/aromatic N) is 1. The van der Waals surface area contributed by atoms with Gasteiger partial charge >= 0.3 is 0 Å². The molecule has 1 atom stereocenters. The quantitative estimate of drug-likeness (QED) is 0.769. The SMILES string of the molecule is COCCn1cc(C(=O)N[C@H](C(N)=O)c2ccccc2)ccc1=O.